The SMILES string of the molecule is CCc1ccc(NC(=O)CCc2nc3ccccc3c(=O)n2C)cc1. The van der Waals surface area contributed by atoms with Crippen molar-refractivity contribution < 1.29 is 4.79 Å². The maximum atomic E-state index is 12.4. The molecule has 5 nitrogen and oxygen atoms in total. The standard InChI is InChI=1S/C20H21N3O2/c1-3-14-8-10-15(11-9-14)21-19(24)13-12-18-22-17-7-5-4-6-16(17)20(25)23(18)2/h4-11H,3,12-13H2,1-2H3,(H,21,24). The number of nitrogens with zero attached hydrogens (tertiary/aromatic N) is 2. The second-order valence-electron chi connectivity index (χ2n) is 6.01. The van der Waals surface area contributed by atoms with Crippen molar-refractivity contribution >= 4 is 22.5 Å². The van der Waals surface area contributed by atoms with Crippen LogP contribution in [0.3, 0.4) is 0 Å². The van der Waals surface area contributed by atoms with Crippen molar-refractivity contribution in [1.29, 1.82) is 0 Å². The van der Waals surface area contributed by atoms with Gasteiger partial charge in [-0.1, -0.05) is 31.2 Å². The number of fused-ring (bicyclic) bond motifs is 1. The van der Waals surface area contributed by atoms with Gasteiger partial charge in [-0.2, -0.15) is 0 Å². The molecule has 128 valence electrons. The molecule has 0 unspecified atom stereocenters. The van der Waals surface area contributed by atoms with E-state index in [2.05, 4.69) is 17.2 Å². The molecule has 5 heteroatoms. The lowest BCUT2D eigenvalue weighted by atomic mass is 10.1. The van der Waals surface area contributed by atoms with E-state index >= 15 is 0 Å². The van der Waals surface area contributed by atoms with Crippen molar-refractivity contribution in [2.24, 2.45) is 7.05 Å². The van der Waals surface area contributed by atoms with E-state index in [0.717, 1.165) is 12.1 Å². The number of aromatic nitrogens is 2. The van der Waals surface area contributed by atoms with Crippen LogP contribution in [-0.4, -0.2) is 15.5 Å². The highest BCUT2D eigenvalue weighted by Crippen LogP contribution is 2.12. The number of carbonyl (C=O) groups is 1. The van der Waals surface area contributed by atoms with E-state index in [1.165, 1.54) is 10.1 Å². The van der Waals surface area contributed by atoms with Gasteiger partial charge in [0.2, 0.25) is 5.91 Å². The summed E-state index contributed by atoms with van der Waals surface area (Å²) in [5, 5.41) is 3.47. The molecule has 0 radical (unpaired) electrons. The highest BCUT2D eigenvalue weighted by atomic mass is 16.1. The fourth-order valence-corrected chi connectivity index (χ4v) is 2.76. The summed E-state index contributed by atoms with van der Waals surface area (Å²) in [5.41, 5.74) is 2.59. The molecule has 0 aliphatic heterocycles. The number of benzene rings is 2. The minimum atomic E-state index is -0.0911. The molecule has 0 fully saturated rings. The summed E-state index contributed by atoms with van der Waals surface area (Å²) in [4.78, 5) is 29.1. The van der Waals surface area contributed by atoms with Gasteiger partial charge in [-0.25, -0.2) is 4.98 Å². The van der Waals surface area contributed by atoms with Crippen LogP contribution in [0.15, 0.2) is 53.3 Å². The molecule has 0 spiro atoms. The Hall–Kier alpha value is -2.95. The summed E-state index contributed by atoms with van der Waals surface area (Å²) in [6, 6.07) is 15.1. The van der Waals surface area contributed by atoms with Crippen LogP contribution in [0.25, 0.3) is 10.9 Å². The van der Waals surface area contributed by atoms with Gasteiger partial charge in [0.1, 0.15) is 5.82 Å². The number of nitrogens with one attached hydrogen (secondary N) is 1. The fraction of sp³-hybridized carbons (Fsp3) is 0.250. The molecule has 1 amide bonds. The van der Waals surface area contributed by atoms with Crippen LogP contribution < -0.4 is 10.9 Å². The van der Waals surface area contributed by atoms with Crippen molar-refractivity contribution in [2.45, 2.75) is 26.2 Å². The smallest absolute Gasteiger partial charge is 0.261 e. The van der Waals surface area contributed by atoms with Gasteiger partial charge in [0, 0.05) is 25.6 Å². The zero-order chi connectivity index (χ0) is 17.8. The molecule has 0 saturated carbocycles. The van der Waals surface area contributed by atoms with Gasteiger partial charge >= 0.3 is 0 Å². The third-order valence-corrected chi connectivity index (χ3v) is 4.30. The second kappa shape index (κ2) is 7.30. The summed E-state index contributed by atoms with van der Waals surface area (Å²) in [5.74, 6) is 0.520. The van der Waals surface area contributed by atoms with Crippen molar-refractivity contribution in [3.8, 4) is 0 Å². The van der Waals surface area contributed by atoms with Crippen LogP contribution >= 0.6 is 0 Å². The van der Waals surface area contributed by atoms with E-state index in [0.29, 0.717) is 23.1 Å². The number of anilines is 1. The minimum absolute atomic E-state index is 0.0869. The van der Waals surface area contributed by atoms with E-state index in [-0.39, 0.29) is 17.9 Å². The summed E-state index contributed by atoms with van der Waals surface area (Å²) < 4.78 is 1.52. The number of para-hydroxylation sites is 1. The lowest BCUT2D eigenvalue weighted by molar-refractivity contribution is -0.116. The number of hydrogen-bond donors (Lipinski definition) is 1. The molecule has 25 heavy (non-hydrogen) atoms. The predicted octanol–water partition coefficient (Wildman–Crippen LogP) is 3.07. The molecular formula is C20H21N3O2. The van der Waals surface area contributed by atoms with E-state index in [1.807, 2.05) is 42.5 Å². The first-order valence-corrected chi connectivity index (χ1v) is 8.42. The third-order valence-electron chi connectivity index (χ3n) is 4.30. The minimum Gasteiger partial charge on any atom is -0.326 e. The summed E-state index contributed by atoms with van der Waals surface area (Å²) >= 11 is 0. The highest BCUT2D eigenvalue weighted by molar-refractivity contribution is 5.90. The molecule has 1 heterocycles. The fourth-order valence-electron chi connectivity index (χ4n) is 2.76. The lowest BCUT2D eigenvalue weighted by Gasteiger charge is -2.10. The van der Waals surface area contributed by atoms with Gasteiger partial charge in [-0.05, 0) is 36.2 Å². The molecule has 0 saturated heterocycles. The number of hydrogen-bond acceptors (Lipinski definition) is 3. The van der Waals surface area contributed by atoms with Crippen LogP contribution in [0.5, 0.6) is 0 Å². The Morgan fingerprint density at radius 2 is 1.84 bits per heavy atom. The Kier molecular flexibility index (Phi) is 4.93. The highest BCUT2D eigenvalue weighted by Gasteiger charge is 2.10. The number of aryl methyl sites for hydroxylation is 2. The van der Waals surface area contributed by atoms with Crippen LogP contribution in [0.2, 0.25) is 0 Å². The van der Waals surface area contributed by atoms with Gasteiger partial charge in [-0.15, -0.1) is 0 Å². The van der Waals surface area contributed by atoms with Gasteiger partial charge in [0.05, 0.1) is 10.9 Å². The maximum Gasteiger partial charge on any atom is 0.261 e. The van der Waals surface area contributed by atoms with Crippen LogP contribution in [0, 0.1) is 0 Å². The van der Waals surface area contributed by atoms with Crippen molar-refractivity contribution in [1.82, 2.24) is 9.55 Å². The van der Waals surface area contributed by atoms with E-state index in [9.17, 15) is 9.59 Å². The first-order chi connectivity index (χ1) is 12.1. The van der Waals surface area contributed by atoms with Gasteiger partial charge in [-0.3, -0.25) is 14.2 Å². The zero-order valence-corrected chi connectivity index (χ0v) is 14.5. The third kappa shape index (κ3) is 3.76. The largest absolute Gasteiger partial charge is 0.326 e. The quantitative estimate of drug-likeness (QED) is 0.779. The van der Waals surface area contributed by atoms with E-state index in [1.54, 1.807) is 13.1 Å². The first kappa shape index (κ1) is 16.9. The topological polar surface area (TPSA) is 64.0 Å². The number of amides is 1. The Morgan fingerprint density at radius 1 is 1.12 bits per heavy atom. The van der Waals surface area contributed by atoms with Crippen LogP contribution in [0.4, 0.5) is 5.69 Å². The summed E-state index contributed by atoms with van der Waals surface area (Å²) in [6.07, 6.45) is 1.65. The van der Waals surface area contributed by atoms with Gasteiger partial charge in [0.15, 0.2) is 0 Å². The first-order valence-electron chi connectivity index (χ1n) is 8.42. The number of carbonyl (C=O) groups excluding carboxylic acids is 1. The zero-order valence-electron chi connectivity index (χ0n) is 14.5. The van der Waals surface area contributed by atoms with Crippen LogP contribution in [-0.2, 0) is 24.7 Å². The van der Waals surface area contributed by atoms with Crippen molar-refractivity contribution in [2.75, 3.05) is 5.32 Å². The molecule has 1 aromatic heterocycles. The lowest BCUT2D eigenvalue weighted by Crippen LogP contribution is -2.23. The average Bonchev–Trinajstić information content (AvgIpc) is 2.64. The summed E-state index contributed by atoms with van der Waals surface area (Å²) in [7, 11) is 1.69. The van der Waals surface area contributed by atoms with Gasteiger partial charge < -0.3 is 5.32 Å². The monoisotopic (exact) mass is 335 g/mol. The molecule has 0 aliphatic carbocycles. The molecule has 3 aromatic rings. The molecular weight excluding hydrogens is 314 g/mol. The summed E-state index contributed by atoms with van der Waals surface area (Å²) in [6.45, 7) is 2.09. The number of rotatable bonds is 5. The maximum absolute atomic E-state index is 12.4. The Balaban J connectivity index is 1.70. The van der Waals surface area contributed by atoms with Gasteiger partial charge in [0.25, 0.3) is 5.56 Å². The second-order valence-corrected chi connectivity index (χ2v) is 6.01. The van der Waals surface area contributed by atoms with E-state index in [4.69, 9.17) is 0 Å². The average molecular weight is 335 g/mol. The normalized spacial score (nSPS) is 10.8. The molecule has 0 atom stereocenters. The molecule has 0 bridgehead atoms. The van der Waals surface area contributed by atoms with Crippen molar-refractivity contribution in [3.05, 3.63) is 70.3 Å². The molecule has 0 aliphatic rings. The Bertz CT molecular complexity index is 959. The predicted molar refractivity (Wildman–Crippen MR) is 99.8 cm³/mol. The molecule has 1 N–H and O–H groups in total. The molecule has 2 aromatic carbocycles. The van der Waals surface area contributed by atoms with E-state index < -0.39 is 0 Å². The van der Waals surface area contributed by atoms with Crippen LogP contribution in [0.1, 0.15) is 24.7 Å². The molecule has 3 rings (SSSR count). The Morgan fingerprint density at radius 3 is 2.56 bits per heavy atom. The van der Waals surface area contributed by atoms with Crippen molar-refractivity contribution in [3.63, 3.8) is 0 Å². The Labute approximate surface area is 146 Å².